The van der Waals surface area contributed by atoms with Crippen molar-refractivity contribution in [1.82, 2.24) is 15.1 Å². The van der Waals surface area contributed by atoms with Crippen LogP contribution in [0.25, 0.3) is 0 Å². The van der Waals surface area contributed by atoms with Crippen molar-refractivity contribution in [2.24, 2.45) is 0 Å². The maximum absolute atomic E-state index is 12.8. The van der Waals surface area contributed by atoms with E-state index in [9.17, 15) is 23.5 Å². The number of carbonyl (C=O) groups excluding carboxylic acids is 1. The highest BCUT2D eigenvalue weighted by atomic mass is 19.3. The summed E-state index contributed by atoms with van der Waals surface area (Å²) in [6.45, 7) is 0.195. The summed E-state index contributed by atoms with van der Waals surface area (Å²) in [6.07, 6.45) is -0.0703. The molecule has 0 saturated carbocycles. The Balaban J connectivity index is 2.08. The van der Waals surface area contributed by atoms with E-state index in [2.05, 4.69) is 10.4 Å². The SMILES string of the molecule is Cc1nn(C(F)F)c(C)c1CC(=O)N[C@@H](Cc1ccccc1)C(=O)O. The van der Waals surface area contributed by atoms with E-state index >= 15 is 0 Å². The number of nitrogens with one attached hydrogen (secondary N) is 1. The maximum atomic E-state index is 12.8. The van der Waals surface area contributed by atoms with Gasteiger partial charge < -0.3 is 10.4 Å². The van der Waals surface area contributed by atoms with Gasteiger partial charge in [-0.25, -0.2) is 9.48 Å². The Morgan fingerprint density at radius 3 is 2.40 bits per heavy atom. The molecule has 1 amide bonds. The van der Waals surface area contributed by atoms with E-state index in [4.69, 9.17) is 0 Å². The van der Waals surface area contributed by atoms with Crippen LogP contribution in [0.15, 0.2) is 30.3 Å². The molecule has 2 N–H and O–H groups in total. The molecule has 0 spiro atoms. The average Bonchev–Trinajstić information content (AvgIpc) is 2.83. The van der Waals surface area contributed by atoms with E-state index in [1.165, 1.54) is 13.8 Å². The first-order valence-electron chi connectivity index (χ1n) is 7.68. The molecule has 1 aromatic heterocycles. The number of aromatic nitrogens is 2. The number of halogens is 2. The number of carbonyl (C=O) groups is 2. The molecule has 134 valence electrons. The molecule has 2 rings (SSSR count). The number of aryl methyl sites for hydroxylation is 1. The summed E-state index contributed by atoms with van der Waals surface area (Å²) in [7, 11) is 0. The Morgan fingerprint density at radius 1 is 1.24 bits per heavy atom. The zero-order chi connectivity index (χ0) is 18.6. The predicted molar refractivity (Wildman–Crippen MR) is 86.4 cm³/mol. The number of carboxylic acid groups (broad SMARTS) is 1. The zero-order valence-corrected chi connectivity index (χ0v) is 13.9. The van der Waals surface area contributed by atoms with Crippen molar-refractivity contribution in [3.63, 3.8) is 0 Å². The van der Waals surface area contributed by atoms with Crippen LogP contribution >= 0.6 is 0 Å². The van der Waals surface area contributed by atoms with E-state index in [1.54, 1.807) is 24.3 Å². The lowest BCUT2D eigenvalue weighted by atomic mass is 10.0. The Hall–Kier alpha value is -2.77. The summed E-state index contributed by atoms with van der Waals surface area (Å²) >= 11 is 0. The van der Waals surface area contributed by atoms with Crippen LogP contribution in [-0.2, 0) is 22.4 Å². The first-order chi connectivity index (χ1) is 11.8. The Kier molecular flexibility index (Phi) is 5.84. The minimum Gasteiger partial charge on any atom is -0.480 e. The van der Waals surface area contributed by atoms with Crippen LogP contribution in [0.4, 0.5) is 8.78 Å². The van der Waals surface area contributed by atoms with Crippen LogP contribution in [0, 0.1) is 13.8 Å². The van der Waals surface area contributed by atoms with Crippen molar-refractivity contribution >= 4 is 11.9 Å². The second-order valence-electron chi connectivity index (χ2n) is 5.70. The maximum Gasteiger partial charge on any atom is 0.333 e. The van der Waals surface area contributed by atoms with Crippen molar-refractivity contribution in [2.45, 2.75) is 39.3 Å². The van der Waals surface area contributed by atoms with Crippen LogP contribution in [0.1, 0.15) is 29.1 Å². The van der Waals surface area contributed by atoms with Gasteiger partial charge in [-0.3, -0.25) is 4.79 Å². The monoisotopic (exact) mass is 351 g/mol. The van der Waals surface area contributed by atoms with Crippen LogP contribution in [0.2, 0.25) is 0 Å². The molecular weight excluding hydrogens is 332 g/mol. The number of nitrogens with zero attached hydrogens (tertiary/aromatic N) is 2. The van der Waals surface area contributed by atoms with Crippen molar-refractivity contribution in [1.29, 1.82) is 0 Å². The Bertz CT molecular complexity index is 760. The number of carboxylic acids is 1. The summed E-state index contributed by atoms with van der Waals surface area (Å²) < 4.78 is 26.2. The van der Waals surface area contributed by atoms with Crippen molar-refractivity contribution in [3.8, 4) is 0 Å². The molecule has 0 aliphatic heterocycles. The number of aliphatic carboxylic acids is 1. The van der Waals surface area contributed by atoms with E-state index in [0.29, 0.717) is 15.9 Å². The third-order valence-corrected chi connectivity index (χ3v) is 3.91. The van der Waals surface area contributed by atoms with Crippen molar-refractivity contribution in [3.05, 3.63) is 52.8 Å². The van der Waals surface area contributed by atoms with Gasteiger partial charge in [0.25, 0.3) is 0 Å². The fraction of sp³-hybridized carbons (Fsp3) is 0.353. The number of benzene rings is 1. The van der Waals surface area contributed by atoms with Gasteiger partial charge in [0.2, 0.25) is 5.91 Å². The summed E-state index contributed by atoms with van der Waals surface area (Å²) in [5.41, 5.74) is 1.66. The fourth-order valence-electron chi connectivity index (χ4n) is 2.60. The smallest absolute Gasteiger partial charge is 0.333 e. The molecule has 6 nitrogen and oxygen atoms in total. The number of alkyl halides is 2. The number of amides is 1. The molecule has 25 heavy (non-hydrogen) atoms. The molecule has 0 fully saturated rings. The van der Waals surface area contributed by atoms with Gasteiger partial charge in [-0.15, -0.1) is 0 Å². The second kappa shape index (κ2) is 7.87. The predicted octanol–water partition coefficient (Wildman–Crippen LogP) is 2.25. The molecule has 0 radical (unpaired) electrons. The second-order valence-corrected chi connectivity index (χ2v) is 5.70. The van der Waals surface area contributed by atoms with Gasteiger partial charge in [0.1, 0.15) is 6.04 Å². The first-order valence-corrected chi connectivity index (χ1v) is 7.68. The lowest BCUT2D eigenvalue weighted by Gasteiger charge is -2.15. The summed E-state index contributed by atoms with van der Waals surface area (Å²) in [5, 5.41) is 15.5. The highest BCUT2D eigenvalue weighted by Crippen LogP contribution is 2.19. The molecule has 0 unspecified atom stereocenters. The molecule has 1 heterocycles. The van der Waals surface area contributed by atoms with Gasteiger partial charge in [-0.1, -0.05) is 30.3 Å². The molecular formula is C17H19F2N3O3. The lowest BCUT2D eigenvalue weighted by Crippen LogP contribution is -2.43. The number of hydrogen-bond donors (Lipinski definition) is 2. The molecule has 2 aromatic rings. The molecule has 0 bridgehead atoms. The van der Waals surface area contributed by atoms with Gasteiger partial charge in [0.05, 0.1) is 12.1 Å². The van der Waals surface area contributed by atoms with Gasteiger partial charge in [0, 0.05) is 17.7 Å². The number of hydrogen-bond acceptors (Lipinski definition) is 3. The molecule has 0 aliphatic rings. The fourth-order valence-corrected chi connectivity index (χ4v) is 2.60. The van der Waals surface area contributed by atoms with E-state index < -0.39 is 24.5 Å². The largest absolute Gasteiger partial charge is 0.480 e. The van der Waals surface area contributed by atoms with Crippen LogP contribution in [-0.4, -0.2) is 32.8 Å². The topological polar surface area (TPSA) is 84.2 Å². The number of rotatable bonds is 7. The minimum atomic E-state index is -2.79. The molecule has 0 aliphatic carbocycles. The normalized spacial score (nSPS) is 12.2. The molecule has 0 saturated heterocycles. The quantitative estimate of drug-likeness (QED) is 0.801. The van der Waals surface area contributed by atoms with E-state index in [1.807, 2.05) is 6.07 Å². The summed E-state index contributed by atoms with van der Waals surface area (Å²) in [6, 6.07) is 7.81. The highest BCUT2D eigenvalue weighted by molar-refractivity contribution is 5.85. The first kappa shape index (κ1) is 18.6. The van der Waals surface area contributed by atoms with Gasteiger partial charge in [-0.2, -0.15) is 13.9 Å². The van der Waals surface area contributed by atoms with Gasteiger partial charge >= 0.3 is 12.5 Å². The summed E-state index contributed by atoms with van der Waals surface area (Å²) in [4.78, 5) is 23.6. The van der Waals surface area contributed by atoms with Crippen molar-refractivity contribution < 1.29 is 23.5 Å². The average molecular weight is 351 g/mol. The standard InChI is InChI=1S/C17H19F2N3O3/c1-10-13(11(2)22(21-10)17(18)19)9-15(23)20-14(16(24)25)8-12-6-4-3-5-7-12/h3-7,14,17H,8-9H2,1-2H3,(H,20,23)(H,24,25)/t14-/m0/s1. The third-order valence-electron chi connectivity index (χ3n) is 3.91. The zero-order valence-electron chi connectivity index (χ0n) is 13.9. The molecule has 8 heteroatoms. The van der Waals surface area contributed by atoms with Gasteiger partial charge in [-0.05, 0) is 19.4 Å². The lowest BCUT2D eigenvalue weighted by molar-refractivity contribution is -0.141. The molecule has 1 atom stereocenters. The van der Waals surface area contributed by atoms with Crippen LogP contribution in [0.3, 0.4) is 0 Å². The van der Waals surface area contributed by atoms with E-state index in [-0.39, 0.29) is 18.5 Å². The molecule has 1 aromatic carbocycles. The Labute approximate surface area is 143 Å². The van der Waals surface area contributed by atoms with Crippen LogP contribution in [0.5, 0.6) is 0 Å². The van der Waals surface area contributed by atoms with Crippen molar-refractivity contribution in [2.75, 3.05) is 0 Å². The highest BCUT2D eigenvalue weighted by Gasteiger charge is 2.23. The Morgan fingerprint density at radius 2 is 1.88 bits per heavy atom. The minimum absolute atomic E-state index is 0.135. The third kappa shape index (κ3) is 4.62. The van der Waals surface area contributed by atoms with Gasteiger partial charge in [0.15, 0.2) is 0 Å². The van der Waals surface area contributed by atoms with Crippen LogP contribution < -0.4 is 5.32 Å². The summed E-state index contributed by atoms with van der Waals surface area (Å²) in [5.74, 6) is -1.71. The van der Waals surface area contributed by atoms with E-state index in [0.717, 1.165) is 5.56 Å².